The first-order chi connectivity index (χ1) is 30.1. The molecule has 10 aromatic rings. The van der Waals surface area contributed by atoms with Crippen molar-refractivity contribution in [2.45, 2.75) is 19.8 Å². The zero-order valence-electron chi connectivity index (χ0n) is 33.6. The van der Waals surface area contributed by atoms with Crippen molar-refractivity contribution in [2.75, 3.05) is 0 Å². The molecule has 1 aliphatic carbocycles. The van der Waals surface area contributed by atoms with E-state index in [0.717, 1.165) is 113 Å². The summed E-state index contributed by atoms with van der Waals surface area (Å²) < 4.78 is 0. The number of pyridine rings is 5. The van der Waals surface area contributed by atoms with Crippen LogP contribution in [0.3, 0.4) is 0 Å². The van der Waals surface area contributed by atoms with Gasteiger partial charge in [0.25, 0.3) is 0 Å². The Bertz CT molecular complexity index is 3440. The Morgan fingerprint density at radius 1 is 0.393 bits per heavy atom. The van der Waals surface area contributed by atoms with E-state index in [2.05, 4.69) is 176 Å². The quantitative estimate of drug-likeness (QED) is 0.157. The first-order valence-corrected chi connectivity index (χ1v) is 20.8. The fraction of sp³-hybridized carbons (Fsp3) is 0.0536. The van der Waals surface area contributed by atoms with Crippen molar-refractivity contribution < 1.29 is 0 Å². The molecule has 5 aromatic heterocycles. The van der Waals surface area contributed by atoms with Gasteiger partial charge in [0, 0.05) is 56.2 Å². The third kappa shape index (κ3) is 7.06. The summed E-state index contributed by atoms with van der Waals surface area (Å²) in [4.78, 5) is 24.9. The molecule has 5 aromatic carbocycles. The monoisotopic (exact) mass is 781 g/mol. The number of hydrogen-bond acceptors (Lipinski definition) is 5. The molecular formula is C56H39N5. The standard InChI is InChI=1S/C56H39N5/c1-36-10-4-2-3-5-14-48(36)45-32-46(49-15-6-7-28-57-49)34-47(33-45)53-27-23-44-30-40(22-26-51(44)59-53)41-19-16-37-20-24-50(60-54(37)35-41)42-11-8-12-43(31-42)52-25-21-39-18-17-38-13-9-29-58-55(38)56(39)61-52/h2-3,5-9,11-35H,4,10H2,1H3/b3-2-,14-5-,48-36-. The number of benzene rings is 5. The summed E-state index contributed by atoms with van der Waals surface area (Å²) >= 11 is 0. The molecule has 61 heavy (non-hydrogen) atoms. The lowest BCUT2D eigenvalue weighted by molar-refractivity contribution is 0.979. The van der Waals surface area contributed by atoms with Crippen molar-refractivity contribution in [1.82, 2.24) is 24.9 Å². The van der Waals surface area contributed by atoms with Crippen LogP contribution in [-0.4, -0.2) is 24.9 Å². The van der Waals surface area contributed by atoms with Crippen molar-refractivity contribution in [1.29, 1.82) is 0 Å². The Kier molecular flexibility index (Phi) is 9.12. The van der Waals surface area contributed by atoms with E-state index in [9.17, 15) is 0 Å². The van der Waals surface area contributed by atoms with Crippen LogP contribution < -0.4 is 0 Å². The second kappa shape index (κ2) is 15.4. The number of nitrogens with zero attached hydrogens (tertiary/aromatic N) is 5. The minimum absolute atomic E-state index is 0.907. The van der Waals surface area contributed by atoms with Gasteiger partial charge < -0.3 is 0 Å². The molecule has 0 aliphatic heterocycles. The van der Waals surface area contributed by atoms with Crippen LogP contribution in [0.2, 0.25) is 0 Å². The number of allylic oxidation sites excluding steroid dienone is 6. The van der Waals surface area contributed by atoms with E-state index in [1.807, 2.05) is 30.6 Å². The van der Waals surface area contributed by atoms with E-state index in [-0.39, 0.29) is 0 Å². The summed E-state index contributed by atoms with van der Waals surface area (Å²) in [5.74, 6) is 0. The smallest absolute Gasteiger partial charge is 0.0972 e. The number of aromatic nitrogens is 5. The fourth-order valence-corrected chi connectivity index (χ4v) is 8.50. The van der Waals surface area contributed by atoms with Gasteiger partial charge in [-0.05, 0) is 121 Å². The van der Waals surface area contributed by atoms with Gasteiger partial charge in [-0.3, -0.25) is 9.97 Å². The number of rotatable bonds is 6. The SMILES string of the molecule is C\C1=C(c2cc(-c3ccccn3)cc(-c3ccc4cc(-c5ccc6ccc(-c7cccc(-c8ccc9ccc%10cccnc%10c9n8)c7)nc6c5)ccc4n3)c2)/C=C\C=C/CC1. The Balaban J connectivity index is 0.914. The lowest BCUT2D eigenvalue weighted by atomic mass is 9.91. The second-order valence-electron chi connectivity index (χ2n) is 15.7. The highest BCUT2D eigenvalue weighted by molar-refractivity contribution is 6.03. The van der Waals surface area contributed by atoms with Crippen LogP contribution in [-0.2, 0) is 0 Å². The summed E-state index contributed by atoms with van der Waals surface area (Å²) in [6.45, 7) is 2.24. The van der Waals surface area contributed by atoms with Crippen molar-refractivity contribution >= 4 is 49.2 Å². The summed E-state index contributed by atoms with van der Waals surface area (Å²) in [6, 6.07) is 55.4. The van der Waals surface area contributed by atoms with E-state index in [1.165, 1.54) is 16.7 Å². The van der Waals surface area contributed by atoms with E-state index < -0.39 is 0 Å². The van der Waals surface area contributed by atoms with Crippen LogP contribution in [0.15, 0.2) is 200 Å². The number of hydrogen-bond donors (Lipinski definition) is 0. The molecule has 0 saturated heterocycles. The van der Waals surface area contributed by atoms with E-state index in [1.54, 1.807) is 0 Å². The predicted octanol–water partition coefficient (Wildman–Crippen LogP) is 14.3. The van der Waals surface area contributed by atoms with Gasteiger partial charge in [0.15, 0.2) is 0 Å². The average molecular weight is 782 g/mol. The molecule has 0 amide bonds. The maximum atomic E-state index is 5.22. The third-order valence-corrected chi connectivity index (χ3v) is 11.8. The molecule has 0 N–H and O–H groups in total. The average Bonchev–Trinajstić information content (AvgIpc) is 3.32. The first-order valence-electron chi connectivity index (χ1n) is 20.8. The first kappa shape index (κ1) is 36.2. The normalized spacial score (nSPS) is 15.2. The molecule has 288 valence electrons. The summed E-state index contributed by atoms with van der Waals surface area (Å²) in [5, 5.41) is 4.34. The van der Waals surface area contributed by atoms with Crippen LogP contribution in [0.25, 0.3) is 105 Å². The Labute approximate surface area is 354 Å². The van der Waals surface area contributed by atoms with E-state index in [0.29, 0.717) is 0 Å². The van der Waals surface area contributed by atoms with E-state index in [4.69, 9.17) is 19.9 Å². The van der Waals surface area contributed by atoms with Gasteiger partial charge >= 0.3 is 0 Å². The van der Waals surface area contributed by atoms with Gasteiger partial charge in [0.2, 0.25) is 0 Å². The molecule has 0 atom stereocenters. The molecular weight excluding hydrogens is 743 g/mol. The zero-order valence-corrected chi connectivity index (χ0v) is 33.6. The second-order valence-corrected chi connectivity index (χ2v) is 15.7. The van der Waals surface area contributed by atoms with Crippen LogP contribution >= 0.6 is 0 Å². The minimum Gasteiger partial charge on any atom is -0.256 e. The molecule has 5 heterocycles. The third-order valence-electron chi connectivity index (χ3n) is 11.8. The lowest BCUT2D eigenvalue weighted by Gasteiger charge is -2.14. The molecule has 11 rings (SSSR count). The molecule has 1 aliphatic rings. The van der Waals surface area contributed by atoms with Crippen LogP contribution in [0, 0.1) is 0 Å². The van der Waals surface area contributed by atoms with Crippen molar-refractivity contribution in [2.24, 2.45) is 0 Å². The molecule has 0 fully saturated rings. The molecule has 5 nitrogen and oxygen atoms in total. The Morgan fingerprint density at radius 2 is 1.05 bits per heavy atom. The van der Waals surface area contributed by atoms with Gasteiger partial charge in [-0.15, -0.1) is 0 Å². The molecule has 0 radical (unpaired) electrons. The van der Waals surface area contributed by atoms with Gasteiger partial charge in [-0.1, -0.05) is 109 Å². The molecule has 0 bridgehead atoms. The summed E-state index contributed by atoms with van der Waals surface area (Å²) in [7, 11) is 0. The van der Waals surface area contributed by atoms with Crippen molar-refractivity contribution in [3.8, 4) is 56.2 Å². The molecule has 0 saturated carbocycles. The van der Waals surface area contributed by atoms with Crippen LogP contribution in [0.4, 0.5) is 0 Å². The Morgan fingerprint density at radius 3 is 1.90 bits per heavy atom. The predicted molar refractivity (Wildman–Crippen MR) is 253 cm³/mol. The number of fused-ring (bicyclic) bond motifs is 5. The highest BCUT2D eigenvalue weighted by Gasteiger charge is 2.14. The van der Waals surface area contributed by atoms with Gasteiger partial charge in [0.1, 0.15) is 0 Å². The summed E-state index contributed by atoms with van der Waals surface area (Å²) in [6.07, 6.45) is 14.5. The van der Waals surface area contributed by atoms with Crippen molar-refractivity contribution in [3.05, 3.63) is 206 Å². The highest BCUT2D eigenvalue weighted by Crippen LogP contribution is 2.35. The van der Waals surface area contributed by atoms with Gasteiger partial charge in [0.05, 0.1) is 44.8 Å². The van der Waals surface area contributed by atoms with Gasteiger partial charge in [-0.25, -0.2) is 15.0 Å². The molecule has 5 heteroatoms. The van der Waals surface area contributed by atoms with E-state index >= 15 is 0 Å². The largest absolute Gasteiger partial charge is 0.256 e. The molecule has 0 unspecified atom stereocenters. The minimum atomic E-state index is 0.907. The maximum absolute atomic E-state index is 5.22. The maximum Gasteiger partial charge on any atom is 0.0972 e. The van der Waals surface area contributed by atoms with Crippen molar-refractivity contribution in [3.63, 3.8) is 0 Å². The topological polar surface area (TPSA) is 64.5 Å². The highest BCUT2D eigenvalue weighted by atomic mass is 14.8. The summed E-state index contributed by atoms with van der Waals surface area (Å²) in [5.41, 5.74) is 17.7. The lowest BCUT2D eigenvalue weighted by Crippen LogP contribution is -1.94. The Hall–Kier alpha value is -7.89. The van der Waals surface area contributed by atoms with Gasteiger partial charge in [-0.2, -0.15) is 0 Å². The fourth-order valence-electron chi connectivity index (χ4n) is 8.50. The molecule has 0 spiro atoms. The zero-order chi connectivity index (χ0) is 40.7. The van der Waals surface area contributed by atoms with Crippen LogP contribution in [0.5, 0.6) is 0 Å². The van der Waals surface area contributed by atoms with Crippen LogP contribution in [0.1, 0.15) is 25.3 Å².